The van der Waals surface area contributed by atoms with Gasteiger partial charge in [0.1, 0.15) is 0 Å². The van der Waals surface area contributed by atoms with E-state index in [0.29, 0.717) is 5.56 Å². The maximum absolute atomic E-state index is 9.06. The average Bonchev–Trinajstić information content (AvgIpc) is 2.17. The van der Waals surface area contributed by atoms with Crippen molar-refractivity contribution in [3.05, 3.63) is 34.4 Å². The van der Waals surface area contributed by atoms with Crippen molar-refractivity contribution in [3.63, 3.8) is 0 Å². The second-order valence-electron chi connectivity index (χ2n) is 3.72. The van der Waals surface area contributed by atoms with Crippen LogP contribution in [0.3, 0.4) is 0 Å². The first-order chi connectivity index (χ1) is 6.60. The van der Waals surface area contributed by atoms with Crippen LogP contribution in [0.25, 0.3) is 0 Å². The van der Waals surface area contributed by atoms with Gasteiger partial charge in [-0.2, -0.15) is 5.26 Å². The highest BCUT2D eigenvalue weighted by atomic mass is 16.3. The van der Waals surface area contributed by atoms with Crippen molar-refractivity contribution >= 4 is 0 Å². The molecule has 1 rings (SSSR count). The summed E-state index contributed by atoms with van der Waals surface area (Å²) in [6.45, 7) is 6.02. The quantitative estimate of drug-likeness (QED) is 0.775. The minimum atomic E-state index is 0.0997. The fourth-order valence-corrected chi connectivity index (χ4v) is 1.62. The highest BCUT2D eigenvalue weighted by Gasteiger charge is 2.09. The summed E-state index contributed by atoms with van der Waals surface area (Å²) in [5.41, 5.74) is 3.91. The fourth-order valence-electron chi connectivity index (χ4n) is 1.62. The lowest BCUT2D eigenvalue weighted by molar-refractivity contribution is 0.272. The van der Waals surface area contributed by atoms with Gasteiger partial charge in [0.15, 0.2) is 0 Å². The third-order valence-electron chi connectivity index (χ3n) is 2.54. The molecule has 0 bridgehead atoms. The van der Waals surface area contributed by atoms with Gasteiger partial charge >= 0.3 is 0 Å². The van der Waals surface area contributed by atoms with Crippen LogP contribution in [0.5, 0.6) is 0 Å². The highest BCUT2D eigenvalue weighted by molar-refractivity contribution is 5.44. The maximum Gasteiger partial charge on any atom is 0.0994 e. The molecule has 1 N–H and O–H groups in total. The van der Waals surface area contributed by atoms with Crippen molar-refractivity contribution in [1.82, 2.24) is 0 Å². The normalized spacial score (nSPS) is 12.2. The third-order valence-corrected chi connectivity index (χ3v) is 2.54. The van der Waals surface area contributed by atoms with E-state index in [1.807, 2.05) is 32.9 Å². The minimum absolute atomic E-state index is 0.0997. The molecule has 1 aromatic rings. The van der Waals surface area contributed by atoms with E-state index in [1.54, 1.807) is 0 Å². The van der Waals surface area contributed by atoms with Crippen LogP contribution < -0.4 is 0 Å². The molecular weight excluding hydrogens is 174 g/mol. The number of hydrogen-bond acceptors (Lipinski definition) is 2. The lowest BCUT2D eigenvalue weighted by Gasteiger charge is -2.13. The van der Waals surface area contributed by atoms with E-state index in [9.17, 15) is 0 Å². The molecule has 0 aliphatic rings. The molecule has 0 radical (unpaired) electrons. The molecule has 0 heterocycles. The van der Waals surface area contributed by atoms with Crippen LogP contribution in [-0.2, 0) is 0 Å². The van der Waals surface area contributed by atoms with Gasteiger partial charge in [-0.25, -0.2) is 0 Å². The van der Waals surface area contributed by atoms with E-state index < -0.39 is 0 Å². The van der Waals surface area contributed by atoms with Gasteiger partial charge in [0, 0.05) is 12.5 Å². The van der Waals surface area contributed by atoms with Crippen molar-refractivity contribution < 1.29 is 5.11 Å². The first kappa shape index (κ1) is 10.7. The molecule has 2 nitrogen and oxygen atoms in total. The van der Waals surface area contributed by atoms with Gasteiger partial charge in [0.05, 0.1) is 11.6 Å². The van der Waals surface area contributed by atoms with E-state index in [-0.39, 0.29) is 12.5 Å². The van der Waals surface area contributed by atoms with Crippen LogP contribution in [0.1, 0.15) is 35.1 Å². The number of benzene rings is 1. The van der Waals surface area contributed by atoms with Crippen LogP contribution in [0, 0.1) is 25.2 Å². The molecule has 74 valence electrons. The summed E-state index contributed by atoms with van der Waals surface area (Å²) in [5, 5.41) is 17.9. The Morgan fingerprint density at radius 1 is 1.36 bits per heavy atom. The Labute approximate surface area is 84.8 Å². The summed E-state index contributed by atoms with van der Waals surface area (Å²) in [6, 6.07) is 6.04. The highest BCUT2D eigenvalue weighted by Crippen LogP contribution is 2.22. The van der Waals surface area contributed by atoms with E-state index in [0.717, 1.165) is 16.7 Å². The van der Waals surface area contributed by atoms with Gasteiger partial charge in [-0.1, -0.05) is 13.0 Å². The molecule has 0 spiro atoms. The molecule has 1 atom stereocenters. The molecular formula is C12H15NO. The third kappa shape index (κ3) is 1.94. The number of aryl methyl sites for hydroxylation is 2. The van der Waals surface area contributed by atoms with E-state index in [2.05, 4.69) is 6.07 Å². The summed E-state index contributed by atoms with van der Waals surface area (Å²) >= 11 is 0. The fraction of sp³-hybridized carbons (Fsp3) is 0.417. The monoisotopic (exact) mass is 189 g/mol. The zero-order valence-corrected chi connectivity index (χ0v) is 8.83. The predicted molar refractivity (Wildman–Crippen MR) is 56.1 cm³/mol. The first-order valence-electron chi connectivity index (χ1n) is 4.72. The number of hydrogen-bond donors (Lipinski definition) is 1. The largest absolute Gasteiger partial charge is 0.396 e. The van der Waals surface area contributed by atoms with Crippen molar-refractivity contribution in [1.29, 1.82) is 5.26 Å². The molecule has 1 aromatic carbocycles. The second kappa shape index (κ2) is 4.26. The molecule has 2 heteroatoms. The first-order valence-corrected chi connectivity index (χ1v) is 4.72. The van der Waals surface area contributed by atoms with E-state index in [4.69, 9.17) is 10.4 Å². The van der Waals surface area contributed by atoms with Crippen molar-refractivity contribution in [2.24, 2.45) is 0 Å². The molecule has 0 saturated heterocycles. The molecule has 1 unspecified atom stereocenters. The number of aliphatic hydroxyl groups excluding tert-OH is 1. The SMILES string of the molecule is Cc1cc(C)c(C(C)CO)cc1C#N. The predicted octanol–water partition coefficient (Wildman–Crippen LogP) is 2.27. The molecule has 14 heavy (non-hydrogen) atoms. The van der Waals surface area contributed by atoms with Crippen molar-refractivity contribution in [2.45, 2.75) is 26.7 Å². The molecule has 0 saturated carbocycles. The van der Waals surface area contributed by atoms with Gasteiger partial charge in [-0.05, 0) is 36.6 Å². The van der Waals surface area contributed by atoms with Gasteiger partial charge in [-0.15, -0.1) is 0 Å². The van der Waals surface area contributed by atoms with Crippen molar-refractivity contribution in [2.75, 3.05) is 6.61 Å². The molecule has 0 aromatic heterocycles. The molecule has 0 aliphatic heterocycles. The van der Waals surface area contributed by atoms with Gasteiger partial charge < -0.3 is 5.11 Å². The number of aliphatic hydroxyl groups is 1. The zero-order valence-electron chi connectivity index (χ0n) is 8.83. The van der Waals surface area contributed by atoms with Crippen LogP contribution in [0.2, 0.25) is 0 Å². The molecule has 0 amide bonds. The average molecular weight is 189 g/mol. The number of nitrogens with zero attached hydrogens (tertiary/aromatic N) is 1. The van der Waals surface area contributed by atoms with Gasteiger partial charge in [0.2, 0.25) is 0 Å². The number of rotatable bonds is 2. The van der Waals surface area contributed by atoms with Crippen LogP contribution >= 0.6 is 0 Å². The zero-order chi connectivity index (χ0) is 10.7. The van der Waals surface area contributed by atoms with Crippen LogP contribution in [0.4, 0.5) is 0 Å². The lowest BCUT2D eigenvalue weighted by atomic mass is 9.93. The van der Waals surface area contributed by atoms with Gasteiger partial charge in [0.25, 0.3) is 0 Å². The lowest BCUT2D eigenvalue weighted by Crippen LogP contribution is -2.02. The maximum atomic E-state index is 9.06. The van der Waals surface area contributed by atoms with Crippen LogP contribution in [0.15, 0.2) is 12.1 Å². The Morgan fingerprint density at radius 2 is 2.00 bits per heavy atom. The topological polar surface area (TPSA) is 44.0 Å². The Bertz CT molecular complexity index is 377. The van der Waals surface area contributed by atoms with Crippen molar-refractivity contribution in [3.8, 4) is 6.07 Å². The number of nitriles is 1. The smallest absolute Gasteiger partial charge is 0.0994 e. The Hall–Kier alpha value is -1.33. The Kier molecular flexibility index (Phi) is 3.27. The molecule has 0 aliphatic carbocycles. The Balaban J connectivity index is 3.26. The Morgan fingerprint density at radius 3 is 2.50 bits per heavy atom. The van der Waals surface area contributed by atoms with E-state index in [1.165, 1.54) is 0 Å². The van der Waals surface area contributed by atoms with E-state index >= 15 is 0 Å². The second-order valence-corrected chi connectivity index (χ2v) is 3.72. The van der Waals surface area contributed by atoms with Crippen LogP contribution in [-0.4, -0.2) is 11.7 Å². The standard InChI is InChI=1S/C12H15NO/c1-8-4-9(2)12(10(3)7-14)5-11(8)6-13/h4-5,10,14H,7H2,1-3H3. The summed E-state index contributed by atoms with van der Waals surface area (Å²) in [4.78, 5) is 0. The summed E-state index contributed by atoms with van der Waals surface area (Å²) in [5.74, 6) is 0.0997. The summed E-state index contributed by atoms with van der Waals surface area (Å²) in [7, 11) is 0. The van der Waals surface area contributed by atoms with Gasteiger partial charge in [-0.3, -0.25) is 0 Å². The molecule has 0 fully saturated rings. The summed E-state index contributed by atoms with van der Waals surface area (Å²) < 4.78 is 0. The summed E-state index contributed by atoms with van der Waals surface area (Å²) in [6.07, 6.45) is 0. The minimum Gasteiger partial charge on any atom is -0.396 e.